The minimum absolute atomic E-state index is 0.0731. The summed E-state index contributed by atoms with van der Waals surface area (Å²) >= 11 is 0. The van der Waals surface area contributed by atoms with Crippen LogP contribution in [0.2, 0.25) is 0 Å². The van der Waals surface area contributed by atoms with E-state index in [-0.39, 0.29) is 31.1 Å². The fourth-order valence-electron chi connectivity index (χ4n) is 9.70. The Labute approximate surface area is 478 Å². The number of hydrogen-bond donors (Lipinski definition) is 0. The first-order valence-corrected chi connectivity index (χ1v) is 33.4. The molecule has 0 aliphatic rings. The summed E-state index contributed by atoms with van der Waals surface area (Å²) in [6.07, 6.45) is 84.9. The zero-order valence-electron chi connectivity index (χ0n) is 51.2. The molecule has 0 aromatic rings. The van der Waals surface area contributed by atoms with Crippen LogP contribution in [0.25, 0.3) is 0 Å². The normalized spacial score (nSPS) is 12.5. The Hall–Kier alpha value is -3.15. The van der Waals surface area contributed by atoms with Crippen molar-refractivity contribution in [2.24, 2.45) is 0 Å². The van der Waals surface area contributed by atoms with Crippen molar-refractivity contribution in [2.45, 2.75) is 348 Å². The highest BCUT2D eigenvalue weighted by Crippen LogP contribution is 2.17. The van der Waals surface area contributed by atoms with Gasteiger partial charge in [-0.3, -0.25) is 14.4 Å². The Morgan fingerprint density at radius 3 is 0.831 bits per heavy atom. The van der Waals surface area contributed by atoms with E-state index in [0.717, 1.165) is 96.3 Å². The summed E-state index contributed by atoms with van der Waals surface area (Å²) in [6.45, 7) is 6.54. The quantitative estimate of drug-likeness (QED) is 0.0261. The van der Waals surface area contributed by atoms with Crippen molar-refractivity contribution in [2.75, 3.05) is 13.2 Å². The fourth-order valence-corrected chi connectivity index (χ4v) is 9.70. The van der Waals surface area contributed by atoms with Crippen LogP contribution in [0.15, 0.2) is 72.9 Å². The van der Waals surface area contributed by atoms with E-state index in [1.54, 1.807) is 0 Å². The fraction of sp³-hybridized carbons (Fsp3) is 0.789. The van der Waals surface area contributed by atoms with Crippen molar-refractivity contribution in [3.63, 3.8) is 0 Å². The zero-order chi connectivity index (χ0) is 55.7. The van der Waals surface area contributed by atoms with E-state index in [2.05, 4.69) is 93.7 Å². The predicted molar refractivity (Wildman–Crippen MR) is 335 cm³/mol. The van der Waals surface area contributed by atoms with E-state index in [1.165, 1.54) is 205 Å². The van der Waals surface area contributed by atoms with Crippen molar-refractivity contribution in [3.05, 3.63) is 72.9 Å². The van der Waals surface area contributed by atoms with Gasteiger partial charge in [0.2, 0.25) is 0 Å². The molecule has 0 saturated heterocycles. The standard InChI is InChI=1S/C71H126O6/c1-4-7-10-13-16-19-22-25-27-29-30-31-32-33-34-35-36-37-38-39-40-41-42-43-45-46-49-52-55-58-61-64-70(73)76-67-68(66-75-69(72)63-60-57-54-51-48-24-21-18-15-12-9-6-3)77-71(74)65-62-59-56-53-50-47-44-28-26-23-20-17-14-11-8-5-2/h7,10,16,18-19,21,25,27,30-31,33-34,68H,4-6,8-9,11-15,17,20,22-24,26,28-29,32,35-67H2,1-3H3/b10-7-,19-16-,21-18-,27-25-,31-30-,34-33-. The molecule has 0 radical (unpaired) electrons. The second kappa shape index (κ2) is 65.4. The highest BCUT2D eigenvalue weighted by molar-refractivity contribution is 5.71. The summed E-state index contributed by atoms with van der Waals surface area (Å²) in [5, 5.41) is 0. The molecule has 0 aromatic heterocycles. The van der Waals surface area contributed by atoms with Gasteiger partial charge in [0.15, 0.2) is 6.10 Å². The van der Waals surface area contributed by atoms with Crippen LogP contribution >= 0.6 is 0 Å². The number of allylic oxidation sites excluding steroid dienone is 12. The van der Waals surface area contributed by atoms with Gasteiger partial charge in [0.05, 0.1) is 0 Å². The van der Waals surface area contributed by atoms with Crippen molar-refractivity contribution in [3.8, 4) is 0 Å². The van der Waals surface area contributed by atoms with Crippen molar-refractivity contribution < 1.29 is 28.6 Å². The summed E-state index contributed by atoms with van der Waals surface area (Å²) in [4.78, 5) is 38.3. The van der Waals surface area contributed by atoms with Gasteiger partial charge < -0.3 is 14.2 Å². The molecule has 0 aliphatic heterocycles. The molecular formula is C71H126O6. The molecule has 1 atom stereocenters. The first-order valence-electron chi connectivity index (χ1n) is 33.4. The molecule has 0 bridgehead atoms. The van der Waals surface area contributed by atoms with Gasteiger partial charge in [0.25, 0.3) is 0 Å². The molecule has 0 aromatic carbocycles. The lowest BCUT2D eigenvalue weighted by Crippen LogP contribution is -2.30. The Kier molecular flexibility index (Phi) is 62.7. The minimum atomic E-state index is -0.775. The smallest absolute Gasteiger partial charge is 0.306 e. The van der Waals surface area contributed by atoms with Crippen molar-refractivity contribution in [1.29, 1.82) is 0 Å². The lowest BCUT2D eigenvalue weighted by atomic mass is 10.0. The largest absolute Gasteiger partial charge is 0.462 e. The third kappa shape index (κ3) is 63.6. The lowest BCUT2D eigenvalue weighted by molar-refractivity contribution is -0.167. The van der Waals surface area contributed by atoms with Gasteiger partial charge in [-0.2, -0.15) is 0 Å². The van der Waals surface area contributed by atoms with Crippen LogP contribution < -0.4 is 0 Å². The maximum absolute atomic E-state index is 12.9. The third-order valence-electron chi connectivity index (χ3n) is 14.7. The van der Waals surface area contributed by atoms with E-state index in [9.17, 15) is 14.4 Å². The summed E-state index contributed by atoms with van der Waals surface area (Å²) in [5.41, 5.74) is 0. The highest BCUT2D eigenvalue weighted by atomic mass is 16.6. The Morgan fingerprint density at radius 1 is 0.273 bits per heavy atom. The van der Waals surface area contributed by atoms with Crippen LogP contribution in [-0.4, -0.2) is 37.2 Å². The minimum Gasteiger partial charge on any atom is -0.462 e. The van der Waals surface area contributed by atoms with E-state index >= 15 is 0 Å². The summed E-state index contributed by atoms with van der Waals surface area (Å²) < 4.78 is 16.9. The predicted octanol–water partition coefficient (Wildman–Crippen LogP) is 22.9. The number of carbonyl (C=O) groups excluding carboxylic acids is 3. The zero-order valence-corrected chi connectivity index (χ0v) is 51.2. The van der Waals surface area contributed by atoms with Gasteiger partial charge in [-0.15, -0.1) is 0 Å². The van der Waals surface area contributed by atoms with Gasteiger partial charge in [-0.1, -0.05) is 306 Å². The van der Waals surface area contributed by atoms with Crippen LogP contribution in [0.5, 0.6) is 0 Å². The Morgan fingerprint density at radius 2 is 0.506 bits per heavy atom. The van der Waals surface area contributed by atoms with Crippen molar-refractivity contribution >= 4 is 17.9 Å². The maximum Gasteiger partial charge on any atom is 0.306 e. The number of unbranched alkanes of at least 4 members (excludes halogenated alkanes) is 38. The Bertz CT molecular complexity index is 1420. The summed E-state index contributed by atoms with van der Waals surface area (Å²) in [5.74, 6) is -0.863. The average molecular weight is 1080 g/mol. The van der Waals surface area contributed by atoms with Gasteiger partial charge in [-0.05, 0) is 89.9 Å². The summed E-state index contributed by atoms with van der Waals surface area (Å²) in [7, 11) is 0. The molecular weight excluding hydrogens is 949 g/mol. The van der Waals surface area contributed by atoms with Crippen LogP contribution in [-0.2, 0) is 28.6 Å². The van der Waals surface area contributed by atoms with E-state index in [0.29, 0.717) is 19.3 Å². The Balaban J connectivity index is 4.16. The SMILES string of the molecule is CC/C=C\C/C=C\C/C=C\C/C=C\C/C=C\CCCCCCCCCCCCCCCCCC(=O)OCC(COC(=O)CCCCCCC/C=C\CCCCC)OC(=O)CCCCCCCCCCCCCCCCCC. The topological polar surface area (TPSA) is 78.9 Å². The second-order valence-corrected chi connectivity index (χ2v) is 22.4. The number of hydrogen-bond acceptors (Lipinski definition) is 6. The maximum atomic E-state index is 12.9. The van der Waals surface area contributed by atoms with E-state index in [1.807, 2.05) is 0 Å². The van der Waals surface area contributed by atoms with Crippen LogP contribution in [0, 0.1) is 0 Å². The molecule has 0 heterocycles. The molecule has 0 aliphatic carbocycles. The molecule has 0 fully saturated rings. The molecule has 0 amide bonds. The van der Waals surface area contributed by atoms with Crippen LogP contribution in [0.4, 0.5) is 0 Å². The van der Waals surface area contributed by atoms with E-state index in [4.69, 9.17) is 14.2 Å². The number of rotatable bonds is 61. The first kappa shape index (κ1) is 73.8. The van der Waals surface area contributed by atoms with Gasteiger partial charge in [-0.25, -0.2) is 0 Å². The molecule has 6 heteroatoms. The van der Waals surface area contributed by atoms with Gasteiger partial charge in [0.1, 0.15) is 13.2 Å². The van der Waals surface area contributed by atoms with Gasteiger partial charge >= 0.3 is 17.9 Å². The third-order valence-corrected chi connectivity index (χ3v) is 14.7. The monoisotopic (exact) mass is 1070 g/mol. The number of esters is 3. The molecule has 0 rings (SSSR count). The molecule has 446 valence electrons. The first-order chi connectivity index (χ1) is 38.0. The molecule has 77 heavy (non-hydrogen) atoms. The number of ether oxygens (including phenoxy) is 3. The molecule has 0 spiro atoms. The lowest BCUT2D eigenvalue weighted by Gasteiger charge is -2.18. The van der Waals surface area contributed by atoms with Crippen LogP contribution in [0.3, 0.4) is 0 Å². The van der Waals surface area contributed by atoms with E-state index < -0.39 is 6.10 Å². The molecule has 0 N–H and O–H groups in total. The highest BCUT2D eigenvalue weighted by Gasteiger charge is 2.19. The van der Waals surface area contributed by atoms with Crippen molar-refractivity contribution in [1.82, 2.24) is 0 Å². The molecule has 1 unspecified atom stereocenters. The van der Waals surface area contributed by atoms with Gasteiger partial charge in [0, 0.05) is 19.3 Å². The molecule has 6 nitrogen and oxygen atoms in total. The van der Waals surface area contributed by atoms with Crippen LogP contribution in [0.1, 0.15) is 342 Å². The average Bonchev–Trinajstić information content (AvgIpc) is 3.43. The number of carbonyl (C=O) groups is 3. The second-order valence-electron chi connectivity index (χ2n) is 22.4. The summed E-state index contributed by atoms with van der Waals surface area (Å²) in [6, 6.07) is 0. The molecule has 0 saturated carbocycles.